The maximum absolute atomic E-state index is 14.0. The van der Waals surface area contributed by atoms with Crippen molar-refractivity contribution < 1.29 is 80.6 Å². The Morgan fingerprint density at radius 1 is 0.738 bits per heavy atom. The van der Waals surface area contributed by atoms with Crippen molar-refractivity contribution in [3.05, 3.63) is 64.3 Å². The summed E-state index contributed by atoms with van der Waals surface area (Å²) in [4.78, 5) is 43.8. The molecule has 2 amide bonds. The molecule has 61 heavy (non-hydrogen) atoms. The zero-order chi connectivity index (χ0) is 45.5. The number of esters is 1. The summed E-state index contributed by atoms with van der Waals surface area (Å²) in [6.07, 6.45) is -7.36. The van der Waals surface area contributed by atoms with Crippen LogP contribution in [0.1, 0.15) is 97.2 Å². The number of benzene rings is 1. The van der Waals surface area contributed by atoms with E-state index in [9.17, 15) is 75.8 Å². The number of rotatable bonds is 18. The van der Waals surface area contributed by atoms with Gasteiger partial charge >= 0.3 is 41.8 Å². The quantitative estimate of drug-likeness (QED) is 0.0747. The number of fused-ring (bicyclic) bond motifs is 4. The third-order valence-electron chi connectivity index (χ3n) is 11.3. The van der Waals surface area contributed by atoms with Crippen LogP contribution in [0.4, 0.5) is 61.5 Å². The van der Waals surface area contributed by atoms with Gasteiger partial charge in [0.05, 0.1) is 23.2 Å². The lowest BCUT2D eigenvalue weighted by molar-refractivity contribution is -0.440. The first-order chi connectivity index (χ1) is 28.1. The predicted molar refractivity (Wildman–Crippen MR) is 185 cm³/mol. The summed E-state index contributed by atoms with van der Waals surface area (Å²) >= 11 is 5.81. The van der Waals surface area contributed by atoms with E-state index in [-0.39, 0.29) is 60.0 Å². The Labute approximate surface area is 341 Å². The monoisotopic (exact) mass is 915 g/mol. The first-order valence-electron chi connectivity index (χ1n) is 18.6. The number of unbranched alkanes of at least 4 members (excludes halogenated alkanes) is 3. The molecule has 0 saturated heterocycles. The van der Waals surface area contributed by atoms with Crippen LogP contribution >= 0.6 is 11.6 Å². The zero-order valence-electron chi connectivity index (χ0n) is 31.5. The number of alkyl halides is 13. The van der Waals surface area contributed by atoms with Crippen LogP contribution in [-0.2, 0) is 16.1 Å². The highest BCUT2D eigenvalue weighted by Crippen LogP contribution is 2.61. The van der Waals surface area contributed by atoms with Gasteiger partial charge in [-0.25, -0.2) is 13.9 Å². The van der Waals surface area contributed by atoms with Crippen LogP contribution in [0, 0.1) is 16.6 Å². The number of nitrogens with one attached hydrogen (secondary N) is 2. The van der Waals surface area contributed by atoms with E-state index in [1.807, 2.05) is 0 Å². The molecule has 24 heteroatoms. The minimum atomic E-state index is -7.93. The van der Waals surface area contributed by atoms with Gasteiger partial charge in [-0.05, 0) is 74.5 Å². The second kappa shape index (κ2) is 17.0. The fourth-order valence-corrected chi connectivity index (χ4v) is 7.59. The van der Waals surface area contributed by atoms with E-state index in [1.165, 1.54) is 35.0 Å². The van der Waals surface area contributed by atoms with Gasteiger partial charge in [-0.3, -0.25) is 14.4 Å². The van der Waals surface area contributed by atoms with Crippen LogP contribution < -0.4 is 10.6 Å². The first kappa shape index (κ1) is 47.6. The lowest BCUT2D eigenvalue weighted by Crippen LogP contribution is -2.70. The lowest BCUT2D eigenvalue weighted by Gasteiger charge is -2.52. The third-order valence-corrected chi connectivity index (χ3v) is 11.6. The molecule has 0 radical (unpaired) electrons. The molecule has 9 nitrogen and oxygen atoms in total. The Bertz CT molecular complexity index is 2090. The van der Waals surface area contributed by atoms with Crippen LogP contribution in [0.3, 0.4) is 0 Å². The Morgan fingerprint density at radius 2 is 1.34 bits per heavy atom. The molecule has 3 aliphatic carbocycles. The molecule has 3 saturated carbocycles. The number of hydrogen-bond acceptors (Lipinski definition) is 6. The van der Waals surface area contributed by atoms with Crippen molar-refractivity contribution in [3.63, 3.8) is 0 Å². The van der Waals surface area contributed by atoms with Crippen LogP contribution in [0.5, 0.6) is 0 Å². The van der Waals surface area contributed by atoms with Gasteiger partial charge in [0.2, 0.25) is 0 Å². The summed E-state index contributed by atoms with van der Waals surface area (Å²) in [5.41, 5.74) is -0.617. The van der Waals surface area contributed by atoms with E-state index >= 15 is 0 Å². The lowest BCUT2D eigenvalue weighted by atomic mass is 9.53. The second-order valence-corrected chi connectivity index (χ2v) is 15.7. The molecule has 6 rings (SSSR count). The van der Waals surface area contributed by atoms with E-state index in [4.69, 9.17) is 16.3 Å². The topological polar surface area (TPSA) is 115 Å². The van der Waals surface area contributed by atoms with E-state index in [0.717, 1.165) is 6.07 Å². The summed E-state index contributed by atoms with van der Waals surface area (Å²) < 4.78 is 193. The number of carbonyl (C=O) groups excluding carboxylic acids is 3. The van der Waals surface area contributed by atoms with Crippen molar-refractivity contribution in [1.82, 2.24) is 25.2 Å². The number of aromatic nitrogens is 3. The van der Waals surface area contributed by atoms with Crippen molar-refractivity contribution in [1.29, 1.82) is 0 Å². The number of ether oxygens (including phenoxy) is 1. The number of hydrogen-bond donors (Lipinski definition) is 2. The van der Waals surface area contributed by atoms with E-state index in [2.05, 4.69) is 20.7 Å². The molecule has 0 unspecified atom stereocenters. The highest BCUT2D eigenvalue weighted by molar-refractivity contribution is 6.30. The molecule has 0 spiro atoms. The third kappa shape index (κ3) is 9.07. The van der Waals surface area contributed by atoms with Crippen LogP contribution in [-0.4, -0.2) is 81.3 Å². The molecule has 3 aliphatic rings. The van der Waals surface area contributed by atoms with Gasteiger partial charge in [0, 0.05) is 31.6 Å². The average Bonchev–Trinajstić information content (AvgIpc) is 3.68. The normalized spacial score (nSPS) is 20.2. The number of halogens is 15. The highest BCUT2D eigenvalue weighted by Gasteiger charge is 2.90. The van der Waals surface area contributed by atoms with Crippen molar-refractivity contribution >= 4 is 35.0 Å². The first-order valence-corrected chi connectivity index (χ1v) is 19.0. The molecule has 0 aliphatic heterocycles. The number of amides is 2. The summed E-state index contributed by atoms with van der Waals surface area (Å²) in [5, 5.41) is 9.52. The molecular formula is C37H36ClF14N5O4. The molecule has 2 heterocycles. The maximum Gasteiger partial charge on any atom is 0.460 e. The van der Waals surface area contributed by atoms with Crippen molar-refractivity contribution in [3.8, 4) is 0 Å². The largest absolute Gasteiger partial charge is 0.465 e. The fourth-order valence-electron chi connectivity index (χ4n) is 7.39. The molecule has 3 aromatic rings. The summed E-state index contributed by atoms with van der Waals surface area (Å²) in [6.45, 7) is -0.0821. The molecule has 0 atom stereocenters. The predicted octanol–water partition coefficient (Wildman–Crippen LogP) is 9.75. The van der Waals surface area contributed by atoms with E-state index < -0.39 is 84.1 Å². The maximum atomic E-state index is 14.0. The van der Waals surface area contributed by atoms with Gasteiger partial charge in [-0.2, -0.15) is 62.2 Å². The van der Waals surface area contributed by atoms with Gasteiger partial charge in [-0.1, -0.05) is 30.5 Å². The second-order valence-electron chi connectivity index (χ2n) is 15.3. The Hall–Kier alpha value is -4.44. The molecule has 2 N–H and O–H groups in total. The van der Waals surface area contributed by atoms with Crippen molar-refractivity contribution in [2.45, 2.75) is 113 Å². The molecule has 2 bridgehead atoms. The smallest absolute Gasteiger partial charge is 0.460 e. The van der Waals surface area contributed by atoms with Crippen molar-refractivity contribution in [2.24, 2.45) is 10.8 Å². The Kier molecular flexibility index (Phi) is 13.3. The minimum Gasteiger partial charge on any atom is -0.465 e. The van der Waals surface area contributed by atoms with E-state index in [0.29, 0.717) is 44.1 Å². The van der Waals surface area contributed by atoms with Gasteiger partial charge < -0.3 is 15.4 Å². The summed E-state index contributed by atoms with van der Waals surface area (Å²) in [6, 6.07) is 6.69. The van der Waals surface area contributed by atoms with Gasteiger partial charge in [0.1, 0.15) is 17.2 Å². The number of nitrogens with zero attached hydrogens (tertiary/aromatic N) is 3. The van der Waals surface area contributed by atoms with Gasteiger partial charge in [-0.15, -0.1) is 0 Å². The minimum absolute atomic E-state index is 0.0102. The van der Waals surface area contributed by atoms with Gasteiger partial charge in [0.25, 0.3) is 11.8 Å². The highest BCUT2D eigenvalue weighted by atomic mass is 35.5. The number of carbonyl (C=O) groups is 3. The average molecular weight is 916 g/mol. The van der Waals surface area contributed by atoms with Crippen molar-refractivity contribution in [2.75, 3.05) is 13.2 Å². The zero-order valence-corrected chi connectivity index (χ0v) is 32.3. The van der Waals surface area contributed by atoms with Crippen LogP contribution in [0.15, 0.2) is 36.5 Å². The molecule has 338 valence electrons. The molecule has 3 fully saturated rings. The Balaban J connectivity index is 1.06. The molecular weight excluding hydrogens is 880 g/mol. The van der Waals surface area contributed by atoms with Gasteiger partial charge in [0.15, 0.2) is 5.65 Å². The standard InChI is InChI=1S/C37H36ClF14N5O4/c38-22-17-21(5-6-23(22)39)19-53-27(58)24-18-25(57-26(56-24)7-15-55-57)28(59)54-20-30-9-12-31(13-10-30,14-11-30)29(60)61-16-4-2-1-3-8-32(40,41)33(42,43)34(44,45)35(46,47)36(48,49)37(50,51)52/h5-7,15,17-18H,1-4,8-14,16,19-20H2,(H,53,58)(H,54,59). The van der Waals surface area contributed by atoms with Crippen LogP contribution in [0.25, 0.3) is 5.65 Å². The SMILES string of the molecule is O=C(NCc1ccc(F)c(Cl)c1)c1cc(C(=O)NCC23CCC(C(=O)OCCCCCCC(F)(F)C(F)(F)C(F)(F)C(F)(F)C(F)(F)C(F)(F)F)(CC2)CC3)n2nccc2n1. The van der Waals surface area contributed by atoms with Crippen LogP contribution in [0.2, 0.25) is 5.02 Å². The molecule has 2 aromatic heterocycles. The van der Waals surface area contributed by atoms with E-state index in [1.54, 1.807) is 0 Å². The summed E-state index contributed by atoms with van der Waals surface area (Å²) in [7, 11) is 0. The molecule has 1 aromatic carbocycles. The summed E-state index contributed by atoms with van der Waals surface area (Å²) in [5.74, 6) is -39.3. The fraction of sp³-hybridized carbons (Fsp3) is 0.595. The Morgan fingerprint density at radius 3 is 1.95 bits per heavy atom.